The van der Waals surface area contributed by atoms with Crippen LogP contribution in [-0.2, 0) is 4.74 Å². The van der Waals surface area contributed by atoms with Crippen molar-refractivity contribution in [1.29, 1.82) is 0 Å². The molecule has 1 rings (SSSR count). The van der Waals surface area contributed by atoms with Crippen LogP contribution in [0.15, 0.2) is 12.1 Å². The summed E-state index contributed by atoms with van der Waals surface area (Å²) in [7, 11) is 6.58. The molecule has 0 atom stereocenters. The number of aryl methyl sites for hydroxylation is 1. The van der Waals surface area contributed by atoms with Crippen molar-refractivity contribution in [2.75, 3.05) is 7.11 Å². The number of esters is 1. The Balaban J connectivity index is 3.28. The first-order valence-electron chi connectivity index (χ1n) is 3.70. The van der Waals surface area contributed by atoms with Gasteiger partial charge in [0, 0.05) is 0 Å². The van der Waals surface area contributed by atoms with Crippen LogP contribution in [0.2, 0.25) is 0 Å². The highest BCUT2D eigenvalue weighted by molar-refractivity contribution is 6.32. The number of hydrogen-bond donors (Lipinski definition) is 0. The number of ether oxygens (including phenoxy) is 1. The highest BCUT2D eigenvalue weighted by Crippen LogP contribution is 2.11. The Labute approximate surface area is 77.1 Å². The number of halogens is 1. The molecule has 0 spiro atoms. The highest BCUT2D eigenvalue weighted by Gasteiger charge is 2.14. The summed E-state index contributed by atoms with van der Waals surface area (Å²) in [5.74, 6) is -1.33. The molecule has 0 N–H and O–H groups in total. The fourth-order valence-corrected chi connectivity index (χ4v) is 1.13. The molecule has 0 saturated heterocycles. The van der Waals surface area contributed by atoms with Crippen molar-refractivity contribution in [2.24, 2.45) is 0 Å². The molecule has 2 nitrogen and oxygen atoms in total. The molecular weight excluding hydrogens is 170 g/mol. The Hall–Kier alpha value is -1.32. The Morgan fingerprint density at radius 2 is 2.15 bits per heavy atom. The van der Waals surface area contributed by atoms with Gasteiger partial charge in [0.25, 0.3) is 0 Å². The summed E-state index contributed by atoms with van der Waals surface area (Å²) < 4.78 is 17.6. The Morgan fingerprint density at radius 3 is 2.62 bits per heavy atom. The van der Waals surface area contributed by atoms with E-state index in [1.54, 1.807) is 6.92 Å². The van der Waals surface area contributed by atoms with E-state index < -0.39 is 11.8 Å². The molecule has 0 aliphatic carbocycles. The molecule has 1 aromatic rings. The average Bonchev–Trinajstić information content (AvgIpc) is 2.02. The van der Waals surface area contributed by atoms with E-state index in [1.807, 2.05) is 0 Å². The van der Waals surface area contributed by atoms with Crippen LogP contribution in [0.25, 0.3) is 0 Å². The van der Waals surface area contributed by atoms with E-state index in [1.165, 1.54) is 13.2 Å². The number of methoxy groups -OCH3 is 1. The molecule has 0 bridgehead atoms. The SMILES string of the molecule is [B]c1cc(C)c(C(=O)OC)c(F)c1. The van der Waals surface area contributed by atoms with Gasteiger partial charge in [-0.2, -0.15) is 0 Å². The van der Waals surface area contributed by atoms with Crippen LogP contribution in [0, 0.1) is 12.7 Å². The number of hydrogen-bond acceptors (Lipinski definition) is 2. The molecule has 0 fully saturated rings. The van der Waals surface area contributed by atoms with Gasteiger partial charge in [0.1, 0.15) is 13.7 Å². The lowest BCUT2D eigenvalue weighted by Crippen LogP contribution is -2.12. The van der Waals surface area contributed by atoms with Crippen LogP contribution in [-0.4, -0.2) is 20.9 Å². The second-order valence-electron chi connectivity index (χ2n) is 2.69. The van der Waals surface area contributed by atoms with Gasteiger partial charge in [-0.05, 0) is 18.6 Å². The van der Waals surface area contributed by atoms with Crippen molar-refractivity contribution >= 4 is 19.3 Å². The van der Waals surface area contributed by atoms with Crippen LogP contribution in [0.3, 0.4) is 0 Å². The van der Waals surface area contributed by atoms with E-state index in [-0.39, 0.29) is 5.56 Å². The molecular formula is C9H8BFO2. The maximum absolute atomic E-state index is 13.2. The molecule has 0 saturated carbocycles. The van der Waals surface area contributed by atoms with Crippen LogP contribution in [0.4, 0.5) is 4.39 Å². The summed E-state index contributed by atoms with van der Waals surface area (Å²) in [5.41, 5.74) is 0.712. The zero-order valence-corrected chi connectivity index (χ0v) is 7.43. The topological polar surface area (TPSA) is 26.3 Å². The van der Waals surface area contributed by atoms with E-state index in [4.69, 9.17) is 7.85 Å². The molecule has 2 radical (unpaired) electrons. The van der Waals surface area contributed by atoms with E-state index in [2.05, 4.69) is 4.74 Å². The van der Waals surface area contributed by atoms with Crippen LogP contribution < -0.4 is 5.46 Å². The normalized spacial score (nSPS) is 9.77. The molecule has 0 aliphatic rings. The van der Waals surface area contributed by atoms with E-state index in [0.717, 1.165) is 6.07 Å². The highest BCUT2D eigenvalue weighted by atomic mass is 19.1. The van der Waals surface area contributed by atoms with Crippen molar-refractivity contribution in [2.45, 2.75) is 6.92 Å². The van der Waals surface area contributed by atoms with Crippen molar-refractivity contribution in [3.63, 3.8) is 0 Å². The Bertz CT molecular complexity index is 326. The molecule has 0 amide bonds. The smallest absolute Gasteiger partial charge is 0.341 e. The van der Waals surface area contributed by atoms with Gasteiger partial charge in [0.05, 0.1) is 12.7 Å². The average molecular weight is 178 g/mol. The predicted molar refractivity (Wildman–Crippen MR) is 47.9 cm³/mol. The summed E-state index contributed by atoms with van der Waals surface area (Å²) >= 11 is 0. The van der Waals surface area contributed by atoms with E-state index >= 15 is 0 Å². The van der Waals surface area contributed by atoms with E-state index in [9.17, 15) is 9.18 Å². The largest absolute Gasteiger partial charge is 0.465 e. The van der Waals surface area contributed by atoms with Crippen molar-refractivity contribution in [3.8, 4) is 0 Å². The molecule has 0 heterocycles. The summed E-state index contributed by atoms with van der Waals surface area (Å²) in [4.78, 5) is 11.1. The Kier molecular flexibility index (Phi) is 2.71. The summed E-state index contributed by atoms with van der Waals surface area (Å²) in [5, 5.41) is 0. The third-order valence-corrected chi connectivity index (χ3v) is 1.70. The summed E-state index contributed by atoms with van der Waals surface area (Å²) in [6.07, 6.45) is 0. The minimum absolute atomic E-state index is 0.0586. The standard InChI is InChI=1S/C9H8BFO2/c1-5-3-6(10)4-7(11)8(5)9(12)13-2/h3-4H,1-2H3. The van der Waals surface area contributed by atoms with Gasteiger partial charge in [-0.3, -0.25) is 0 Å². The van der Waals surface area contributed by atoms with Gasteiger partial charge < -0.3 is 4.74 Å². The molecule has 4 heteroatoms. The first-order valence-corrected chi connectivity index (χ1v) is 3.70. The number of carbonyl (C=O) groups is 1. The number of carbonyl (C=O) groups excluding carboxylic acids is 1. The molecule has 0 aliphatic heterocycles. The third kappa shape index (κ3) is 1.88. The van der Waals surface area contributed by atoms with E-state index in [0.29, 0.717) is 11.0 Å². The van der Waals surface area contributed by atoms with Crippen LogP contribution in [0.1, 0.15) is 15.9 Å². The minimum Gasteiger partial charge on any atom is -0.465 e. The number of benzene rings is 1. The first-order chi connectivity index (χ1) is 6.06. The van der Waals surface area contributed by atoms with Crippen LogP contribution >= 0.6 is 0 Å². The lowest BCUT2D eigenvalue weighted by atomic mass is 9.92. The summed E-state index contributed by atoms with van der Waals surface area (Å²) in [6, 6.07) is 2.62. The zero-order chi connectivity index (χ0) is 10.0. The second-order valence-corrected chi connectivity index (χ2v) is 2.69. The van der Waals surface area contributed by atoms with Gasteiger partial charge in [-0.15, -0.1) is 0 Å². The van der Waals surface area contributed by atoms with Crippen molar-refractivity contribution < 1.29 is 13.9 Å². The van der Waals surface area contributed by atoms with Gasteiger partial charge >= 0.3 is 5.97 Å². The van der Waals surface area contributed by atoms with Crippen molar-refractivity contribution in [1.82, 2.24) is 0 Å². The monoisotopic (exact) mass is 178 g/mol. The lowest BCUT2D eigenvalue weighted by molar-refractivity contribution is 0.0594. The quantitative estimate of drug-likeness (QED) is 0.467. The van der Waals surface area contributed by atoms with Gasteiger partial charge in [-0.1, -0.05) is 11.5 Å². The molecule has 0 unspecified atom stereocenters. The summed E-state index contributed by atoms with van der Waals surface area (Å²) in [6.45, 7) is 1.60. The Morgan fingerprint density at radius 1 is 1.54 bits per heavy atom. The lowest BCUT2D eigenvalue weighted by Gasteiger charge is -2.06. The van der Waals surface area contributed by atoms with Crippen LogP contribution in [0.5, 0.6) is 0 Å². The minimum atomic E-state index is -0.685. The first kappa shape index (κ1) is 9.77. The fraction of sp³-hybridized carbons (Fsp3) is 0.222. The second kappa shape index (κ2) is 3.60. The molecule has 0 aromatic heterocycles. The van der Waals surface area contributed by atoms with Crippen molar-refractivity contribution in [3.05, 3.63) is 29.1 Å². The van der Waals surface area contributed by atoms with Gasteiger partial charge in [0.15, 0.2) is 0 Å². The molecule has 13 heavy (non-hydrogen) atoms. The van der Waals surface area contributed by atoms with Gasteiger partial charge in [0.2, 0.25) is 0 Å². The third-order valence-electron chi connectivity index (χ3n) is 1.70. The maximum Gasteiger partial charge on any atom is 0.341 e. The number of rotatable bonds is 1. The zero-order valence-electron chi connectivity index (χ0n) is 7.43. The van der Waals surface area contributed by atoms with Gasteiger partial charge in [-0.25, -0.2) is 9.18 Å². The predicted octanol–water partition coefficient (Wildman–Crippen LogP) is 0.715. The molecule has 66 valence electrons. The maximum atomic E-state index is 13.2. The fourth-order valence-electron chi connectivity index (χ4n) is 1.13. The molecule has 1 aromatic carbocycles.